The van der Waals surface area contributed by atoms with E-state index >= 15 is 0 Å². The fourth-order valence-electron chi connectivity index (χ4n) is 0.785. The smallest absolute Gasteiger partial charge is 0.179 e. The molecule has 0 aliphatic rings. The summed E-state index contributed by atoms with van der Waals surface area (Å²) in [7, 11) is -3.34. The molecule has 1 aromatic rings. The highest BCUT2D eigenvalue weighted by Crippen LogP contribution is 2.25. The molecule has 0 heterocycles. The largest absolute Gasteiger partial charge is 0.507 e. The predicted octanol–water partition coefficient (Wildman–Crippen LogP) is 1.56. The van der Waals surface area contributed by atoms with E-state index in [4.69, 9.17) is 0 Å². The average Bonchev–Trinajstić information content (AvgIpc) is 1.92. The Morgan fingerprint density at radius 3 is 2.42 bits per heavy atom. The summed E-state index contributed by atoms with van der Waals surface area (Å²) >= 11 is 3.11. The van der Waals surface area contributed by atoms with Gasteiger partial charge in [-0.3, -0.25) is 0 Å². The molecule has 0 aliphatic carbocycles. The van der Waals surface area contributed by atoms with Gasteiger partial charge >= 0.3 is 0 Å². The highest BCUT2D eigenvalue weighted by atomic mass is 79.9. The third-order valence-electron chi connectivity index (χ3n) is 1.32. The Hall–Kier alpha value is -0.550. The van der Waals surface area contributed by atoms with Gasteiger partial charge in [-0.15, -0.1) is 0 Å². The van der Waals surface area contributed by atoms with Crippen LogP contribution in [0.25, 0.3) is 0 Å². The van der Waals surface area contributed by atoms with Crippen LogP contribution in [0.2, 0.25) is 0 Å². The van der Waals surface area contributed by atoms with E-state index in [1.54, 1.807) is 6.07 Å². The van der Waals surface area contributed by atoms with Crippen molar-refractivity contribution in [3.8, 4) is 5.75 Å². The van der Waals surface area contributed by atoms with Crippen LogP contribution >= 0.6 is 15.9 Å². The molecule has 5 heteroatoms. The van der Waals surface area contributed by atoms with E-state index < -0.39 is 9.84 Å². The first-order valence-corrected chi connectivity index (χ1v) is 5.78. The van der Waals surface area contributed by atoms with Crippen LogP contribution in [0.15, 0.2) is 27.6 Å². The Balaban J connectivity index is 3.43. The van der Waals surface area contributed by atoms with E-state index in [0.29, 0.717) is 4.47 Å². The lowest BCUT2D eigenvalue weighted by atomic mass is 10.3. The van der Waals surface area contributed by atoms with Crippen LogP contribution in [0, 0.1) is 0 Å². The van der Waals surface area contributed by atoms with Crippen LogP contribution in [-0.2, 0) is 9.84 Å². The zero-order chi connectivity index (χ0) is 9.35. The molecular weight excluding hydrogens is 244 g/mol. The second-order valence-electron chi connectivity index (χ2n) is 2.38. The predicted molar refractivity (Wildman–Crippen MR) is 48.9 cm³/mol. The highest BCUT2D eigenvalue weighted by Gasteiger charge is 2.12. The van der Waals surface area contributed by atoms with Crippen molar-refractivity contribution in [1.82, 2.24) is 0 Å². The van der Waals surface area contributed by atoms with E-state index in [1.165, 1.54) is 12.1 Å². The van der Waals surface area contributed by atoms with Crippen LogP contribution in [-0.4, -0.2) is 19.8 Å². The molecule has 0 saturated heterocycles. The van der Waals surface area contributed by atoms with Gasteiger partial charge in [0.15, 0.2) is 9.84 Å². The van der Waals surface area contributed by atoms with Crippen molar-refractivity contribution in [1.29, 1.82) is 0 Å². The number of phenols is 1. The van der Waals surface area contributed by atoms with Crippen LogP contribution < -0.4 is 0 Å². The van der Waals surface area contributed by atoms with E-state index in [0.717, 1.165) is 6.26 Å². The van der Waals surface area contributed by atoms with E-state index in [1.807, 2.05) is 0 Å². The van der Waals surface area contributed by atoms with Crippen molar-refractivity contribution in [3.05, 3.63) is 22.7 Å². The Morgan fingerprint density at radius 1 is 1.42 bits per heavy atom. The molecule has 0 unspecified atom stereocenters. The molecule has 12 heavy (non-hydrogen) atoms. The summed E-state index contributed by atoms with van der Waals surface area (Å²) in [5.41, 5.74) is 0. The molecule has 0 amide bonds. The summed E-state index contributed by atoms with van der Waals surface area (Å²) < 4.78 is 22.7. The lowest BCUT2D eigenvalue weighted by Crippen LogP contribution is -1.96. The fourth-order valence-corrected chi connectivity index (χ4v) is 2.09. The summed E-state index contributed by atoms with van der Waals surface area (Å²) in [6.07, 6.45) is 1.05. The molecule has 0 bridgehead atoms. The van der Waals surface area contributed by atoms with E-state index in [9.17, 15) is 13.5 Å². The molecule has 0 saturated carbocycles. The minimum absolute atomic E-state index is 0.0584. The SMILES string of the molecule is CS(=O)(=O)c1cc(Br)ccc1O. The van der Waals surface area contributed by atoms with Gasteiger partial charge in [-0.1, -0.05) is 15.9 Å². The molecule has 0 aliphatic heterocycles. The van der Waals surface area contributed by atoms with Crippen LogP contribution in [0.4, 0.5) is 0 Å². The molecule has 66 valence electrons. The van der Waals surface area contributed by atoms with Gasteiger partial charge in [0.1, 0.15) is 10.6 Å². The molecule has 0 radical (unpaired) electrons. The minimum atomic E-state index is -3.34. The number of phenolic OH excluding ortho intramolecular Hbond substituents is 1. The molecular formula is C7H7BrO3S. The van der Waals surface area contributed by atoms with Gasteiger partial charge in [0.2, 0.25) is 0 Å². The Kier molecular flexibility index (Phi) is 2.44. The van der Waals surface area contributed by atoms with Crippen molar-refractivity contribution < 1.29 is 13.5 Å². The lowest BCUT2D eigenvalue weighted by molar-refractivity contribution is 0.459. The maximum absolute atomic E-state index is 11.0. The molecule has 0 atom stereocenters. The topological polar surface area (TPSA) is 54.4 Å². The Morgan fingerprint density at radius 2 is 2.00 bits per heavy atom. The molecule has 1 N–H and O–H groups in total. The van der Waals surface area contributed by atoms with Crippen LogP contribution in [0.5, 0.6) is 5.75 Å². The number of hydrogen-bond donors (Lipinski definition) is 1. The van der Waals surface area contributed by atoms with E-state index in [2.05, 4.69) is 15.9 Å². The van der Waals surface area contributed by atoms with Gasteiger partial charge in [-0.25, -0.2) is 8.42 Å². The summed E-state index contributed by atoms with van der Waals surface area (Å²) in [5.74, 6) is -0.222. The van der Waals surface area contributed by atoms with Crippen LogP contribution in [0.3, 0.4) is 0 Å². The van der Waals surface area contributed by atoms with Gasteiger partial charge in [-0.2, -0.15) is 0 Å². The zero-order valence-corrected chi connectivity index (χ0v) is 8.68. The third kappa shape index (κ3) is 1.98. The summed E-state index contributed by atoms with van der Waals surface area (Å²) in [6, 6.07) is 4.27. The lowest BCUT2D eigenvalue weighted by Gasteiger charge is -2.01. The molecule has 1 rings (SSSR count). The standard InChI is InChI=1S/C7H7BrO3S/c1-12(10,11)7-4-5(8)2-3-6(7)9/h2-4,9H,1H3. The van der Waals surface area contributed by atoms with Crippen molar-refractivity contribution >= 4 is 25.8 Å². The first-order valence-electron chi connectivity index (χ1n) is 3.10. The second-order valence-corrected chi connectivity index (χ2v) is 5.28. The zero-order valence-electron chi connectivity index (χ0n) is 6.28. The minimum Gasteiger partial charge on any atom is -0.507 e. The molecule has 0 fully saturated rings. The molecule has 0 aromatic heterocycles. The number of aromatic hydroxyl groups is 1. The van der Waals surface area contributed by atoms with Gasteiger partial charge in [-0.05, 0) is 18.2 Å². The highest BCUT2D eigenvalue weighted by molar-refractivity contribution is 9.10. The first kappa shape index (κ1) is 9.54. The van der Waals surface area contributed by atoms with Crippen molar-refractivity contribution in [3.63, 3.8) is 0 Å². The molecule has 3 nitrogen and oxygen atoms in total. The first-order chi connectivity index (χ1) is 5.41. The van der Waals surface area contributed by atoms with Gasteiger partial charge in [0.05, 0.1) is 0 Å². The van der Waals surface area contributed by atoms with Crippen molar-refractivity contribution in [2.24, 2.45) is 0 Å². The van der Waals surface area contributed by atoms with Crippen LogP contribution in [0.1, 0.15) is 0 Å². The summed E-state index contributed by atoms with van der Waals surface area (Å²) in [5, 5.41) is 9.17. The normalized spacial score (nSPS) is 11.5. The molecule has 1 aromatic carbocycles. The maximum atomic E-state index is 11.0. The van der Waals surface area contributed by atoms with Gasteiger partial charge < -0.3 is 5.11 Å². The van der Waals surface area contributed by atoms with E-state index in [-0.39, 0.29) is 10.6 Å². The second kappa shape index (κ2) is 3.06. The monoisotopic (exact) mass is 250 g/mol. The molecule has 0 spiro atoms. The van der Waals surface area contributed by atoms with Crippen molar-refractivity contribution in [2.45, 2.75) is 4.90 Å². The van der Waals surface area contributed by atoms with Gasteiger partial charge in [0.25, 0.3) is 0 Å². The maximum Gasteiger partial charge on any atom is 0.179 e. The Labute approximate surface area is 79.1 Å². The summed E-state index contributed by atoms with van der Waals surface area (Å²) in [6.45, 7) is 0. The number of halogens is 1. The summed E-state index contributed by atoms with van der Waals surface area (Å²) in [4.78, 5) is -0.0584. The number of benzene rings is 1. The number of hydrogen-bond acceptors (Lipinski definition) is 3. The average molecular weight is 251 g/mol. The fraction of sp³-hybridized carbons (Fsp3) is 0.143. The quantitative estimate of drug-likeness (QED) is 0.823. The number of rotatable bonds is 1. The number of sulfone groups is 1. The Bertz CT molecular complexity index is 397. The van der Waals surface area contributed by atoms with Crippen molar-refractivity contribution in [2.75, 3.05) is 6.26 Å². The third-order valence-corrected chi connectivity index (χ3v) is 2.94. The van der Waals surface area contributed by atoms with Gasteiger partial charge in [0, 0.05) is 10.7 Å².